The number of rotatable bonds is 7. The highest BCUT2D eigenvalue weighted by atomic mass is 35.5. The van der Waals surface area contributed by atoms with Crippen molar-refractivity contribution in [3.8, 4) is 11.6 Å². The van der Waals surface area contributed by atoms with Crippen molar-refractivity contribution in [3.63, 3.8) is 0 Å². The minimum Gasteiger partial charge on any atom is -0.497 e. The molecule has 14 heteroatoms. The summed E-state index contributed by atoms with van der Waals surface area (Å²) in [5, 5.41) is 3.93. The number of amides is 3. The predicted molar refractivity (Wildman–Crippen MR) is 183 cm³/mol. The van der Waals surface area contributed by atoms with Gasteiger partial charge in [0.2, 0.25) is 27.7 Å². The molecule has 4 N–H and O–H groups in total. The molecular weight excluding hydrogens is 658 g/mol. The Hall–Kier alpha value is -3.42. The number of nitrogens with one attached hydrogen (secondary N) is 2. The second-order valence-corrected chi connectivity index (χ2v) is 15.6. The maximum absolute atomic E-state index is 14.1. The molecule has 0 unspecified atom stereocenters. The van der Waals surface area contributed by atoms with Crippen LogP contribution in [-0.4, -0.2) is 78.7 Å². The number of aromatic nitrogens is 1. The minimum atomic E-state index is -3.84. The number of nitrogens with two attached hydrogens (primary N) is 1. The molecule has 3 fully saturated rings. The van der Waals surface area contributed by atoms with E-state index in [-0.39, 0.29) is 49.5 Å². The zero-order chi connectivity index (χ0) is 33.5. The summed E-state index contributed by atoms with van der Waals surface area (Å²) in [6.45, 7) is 4.26. The molecule has 6 rings (SSSR count). The molecule has 262 valence electrons. The van der Waals surface area contributed by atoms with E-state index in [1.807, 2.05) is 43.3 Å². The monoisotopic (exact) mass is 703 g/mol. The molecule has 2 saturated carbocycles. The maximum atomic E-state index is 14.1. The van der Waals surface area contributed by atoms with Crippen molar-refractivity contribution in [2.45, 2.75) is 94.2 Å². The fraction of sp³-hybridized carbons (Fsp3) is 0.588. The zero-order valence-electron chi connectivity index (χ0n) is 27.6. The highest BCUT2D eigenvalue weighted by Crippen LogP contribution is 2.46. The molecule has 0 radical (unpaired) electrons. The van der Waals surface area contributed by atoms with Gasteiger partial charge in [-0.15, -0.1) is 12.4 Å². The number of ether oxygens (including phenoxy) is 2. The molecule has 1 saturated heterocycles. The van der Waals surface area contributed by atoms with E-state index in [0.29, 0.717) is 36.8 Å². The SMILES string of the molecule is CC[C@@H]1C[C@H](C)CCC=C[C@@H]2C[C@@]2(C(=O)NS(=O)(=O)C2CC2)NC(=O)[C@@H]2C[C@@H](Oc3nccc4cc(OC)ccc34)CN2C(=O)[C@H]1N.Cl. The number of sulfonamides is 1. The van der Waals surface area contributed by atoms with Crippen LogP contribution in [0.25, 0.3) is 10.8 Å². The molecule has 12 nitrogen and oxygen atoms in total. The third-order valence-corrected chi connectivity index (χ3v) is 12.1. The summed E-state index contributed by atoms with van der Waals surface area (Å²) in [5.74, 6) is -0.737. The Morgan fingerprint density at radius 3 is 2.67 bits per heavy atom. The molecule has 3 amide bonds. The predicted octanol–water partition coefficient (Wildman–Crippen LogP) is 3.23. The van der Waals surface area contributed by atoms with Crippen LogP contribution in [-0.2, 0) is 24.4 Å². The van der Waals surface area contributed by atoms with E-state index >= 15 is 0 Å². The van der Waals surface area contributed by atoms with E-state index in [1.54, 1.807) is 13.3 Å². The van der Waals surface area contributed by atoms with Crippen molar-refractivity contribution in [3.05, 3.63) is 42.6 Å². The first-order valence-corrected chi connectivity index (χ1v) is 18.2. The van der Waals surface area contributed by atoms with E-state index < -0.39 is 50.8 Å². The van der Waals surface area contributed by atoms with Crippen molar-refractivity contribution in [2.24, 2.45) is 23.5 Å². The fourth-order valence-corrected chi connectivity index (χ4v) is 8.45. The van der Waals surface area contributed by atoms with E-state index in [9.17, 15) is 22.8 Å². The van der Waals surface area contributed by atoms with E-state index in [4.69, 9.17) is 15.2 Å². The molecule has 2 aromatic rings. The average molecular weight is 704 g/mol. The van der Waals surface area contributed by atoms with Crippen LogP contribution in [0.1, 0.15) is 65.2 Å². The van der Waals surface area contributed by atoms with Crippen molar-refractivity contribution >= 4 is 50.9 Å². The number of benzene rings is 1. The maximum Gasteiger partial charge on any atom is 0.259 e. The van der Waals surface area contributed by atoms with E-state index in [1.165, 1.54) is 4.90 Å². The first kappa shape index (κ1) is 35.9. The number of methoxy groups -OCH3 is 1. The van der Waals surface area contributed by atoms with Crippen LogP contribution in [0, 0.1) is 17.8 Å². The lowest BCUT2D eigenvalue weighted by Gasteiger charge is -2.31. The van der Waals surface area contributed by atoms with Crippen LogP contribution in [0.4, 0.5) is 0 Å². The van der Waals surface area contributed by atoms with Gasteiger partial charge in [-0.3, -0.25) is 19.1 Å². The summed E-state index contributed by atoms with van der Waals surface area (Å²) < 4.78 is 39.4. The number of nitrogens with zero attached hydrogens (tertiary/aromatic N) is 2. The smallest absolute Gasteiger partial charge is 0.259 e. The molecule has 48 heavy (non-hydrogen) atoms. The largest absolute Gasteiger partial charge is 0.497 e. The van der Waals surface area contributed by atoms with Gasteiger partial charge < -0.3 is 25.4 Å². The molecule has 2 aliphatic carbocycles. The molecule has 0 spiro atoms. The lowest BCUT2D eigenvalue weighted by atomic mass is 9.85. The van der Waals surface area contributed by atoms with Crippen LogP contribution < -0.4 is 25.2 Å². The number of pyridine rings is 1. The summed E-state index contributed by atoms with van der Waals surface area (Å²) in [5.41, 5.74) is 5.23. The number of hydrogen-bond donors (Lipinski definition) is 3. The minimum absolute atomic E-state index is 0. The third-order valence-electron chi connectivity index (χ3n) is 10.2. The highest BCUT2D eigenvalue weighted by Gasteiger charge is 2.62. The topological polar surface area (TPSA) is 170 Å². The van der Waals surface area contributed by atoms with Crippen molar-refractivity contribution < 1.29 is 32.3 Å². The Kier molecular flexibility index (Phi) is 10.6. The summed E-state index contributed by atoms with van der Waals surface area (Å²) >= 11 is 0. The molecule has 2 aliphatic heterocycles. The molecule has 0 bridgehead atoms. The number of halogens is 1. The van der Waals surface area contributed by atoms with Crippen LogP contribution in [0.2, 0.25) is 0 Å². The van der Waals surface area contributed by atoms with Gasteiger partial charge in [0.1, 0.15) is 23.4 Å². The summed E-state index contributed by atoms with van der Waals surface area (Å²) in [6, 6.07) is 5.58. The average Bonchev–Trinajstić information content (AvgIpc) is 3.98. The second-order valence-electron chi connectivity index (χ2n) is 13.7. The van der Waals surface area contributed by atoms with Crippen molar-refractivity contribution in [1.82, 2.24) is 19.9 Å². The van der Waals surface area contributed by atoms with E-state index in [2.05, 4.69) is 21.9 Å². The first-order chi connectivity index (χ1) is 22.5. The normalized spacial score (nSPS) is 31.0. The van der Waals surface area contributed by atoms with Crippen LogP contribution >= 0.6 is 12.4 Å². The van der Waals surface area contributed by atoms with Crippen LogP contribution in [0.15, 0.2) is 42.6 Å². The van der Waals surface area contributed by atoms with Gasteiger partial charge >= 0.3 is 0 Å². The van der Waals surface area contributed by atoms with Gasteiger partial charge in [-0.25, -0.2) is 13.4 Å². The summed E-state index contributed by atoms with van der Waals surface area (Å²) in [7, 11) is -2.24. The Labute approximate surface area is 288 Å². The number of hydrogen-bond acceptors (Lipinski definition) is 9. The zero-order valence-corrected chi connectivity index (χ0v) is 29.2. The molecule has 3 heterocycles. The molecule has 4 aliphatic rings. The standard InChI is InChI=1S/C34H45N5O7S.ClH/c1-4-21-15-20(2)7-5-6-8-23-18-34(23,33(42)38-47(43,44)26-10-11-26)37-30(40)28-17-25(19-39(28)32(41)29(21)35)46-31-27-12-9-24(45-3)16-22(27)13-14-36-31;/h6,8-9,12-14,16,20-21,23,25-26,28-29H,4-5,7,10-11,15,17-19,35H2,1-3H3,(H,37,40)(H,38,42);1H/t20-,21-,23-,25-,28+,29+,34-;/m1./s1. The number of carbonyl (C=O) groups excluding carboxylic acids is 3. The highest BCUT2D eigenvalue weighted by molar-refractivity contribution is 7.91. The molecular formula is C34H46ClN5O7S. The second kappa shape index (κ2) is 14.2. The van der Waals surface area contributed by atoms with Crippen LogP contribution in [0.5, 0.6) is 11.6 Å². The molecule has 1 aromatic carbocycles. The lowest BCUT2D eigenvalue weighted by Crippen LogP contribution is -2.58. The number of fused-ring (bicyclic) bond motifs is 3. The number of allylic oxidation sites excluding steroid dienone is 1. The Morgan fingerprint density at radius 2 is 1.96 bits per heavy atom. The Balaban J connectivity index is 0.00000451. The summed E-state index contributed by atoms with van der Waals surface area (Å²) in [6.07, 6.45) is 9.46. The first-order valence-electron chi connectivity index (χ1n) is 16.7. The summed E-state index contributed by atoms with van der Waals surface area (Å²) in [4.78, 5) is 47.8. The van der Waals surface area contributed by atoms with Gasteiger partial charge in [0.15, 0.2) is 0 Å². The van der Waals surface area contributed by atoms with Gasteiger partial charge in [-0.1, -0.05) is 32.4 Å². The van der Waals surface area contributed by atoms with Gasteiger partial charge in [0.05, 0.1) is 24.9 Å². The Bertz CT molecular complexity index is 1680. The van der Waals surface area contributed by atoms with Gasteiger partial charge in [0.25, 0.3) is 5.91 Å². The van der Waals surface area contributed by atoms with E-state index in [0.717, 1.165) is 30.0 Å². The quantitative estimate of drug-likeness (QED) is 0.367. The van der Waals surface area contributed by atoms with Gasteiger partial charge in [-0.2, -0.15) is 0 Å². The molecule has 1 aromatic heterocycles. The van der Waals surface area contributed by atoms with Crippen LogP contribution in [0.3, 0.4) is 0 Å². The van der Waals surface area contributed by atoms with Gasteiger partial charge in [0, 0.05) is 23.9 Å². The fourth-order valence-electron chi connectivity index (χ4n) is 7.09. The molecule has 7 atom stereocenters. The third kappa shape index (κ3) is 7.28. The lowest BCUT2D eigenvalue weighted by molar-refractivity contribution is -0.141. The van der Waals surface area contributed by atoms with Gasteiger partial charge in [-0.05, 0) is 80.0 Å². The Morgan fingerprint density at radius 1 is 1.19 bits per heavy atom. The van der Waals surface area contributed by atoms with Crippen molar-refractivity contribution in [1.29, 1.82) is 0 Å². The van der Waals surface area contributed by atoms with Crippen molar-refractivity contribution in [2.75, 3.05) is 13.7 Å². The number of carbonyl (C=O) groups is 3.